The molecule has 0 radical (unpaired) electrons. The van der Waals surface area contributed by atoms with Crippen molar-refractivity contribution in [2.45, 2.75) is 38.3 Å². The van der Waals surface area contributed by atoms with Gasteiger partial charge in [-0.15, -0.1) is 0 Å². The Morgan fingerprint density at radius 1 is 1.30 bits per heavy atom. The molecule has 146 valence electrons. The third-order valence-electron chi connectivity index (χ3n) is 4.43. The highest BCUT2D eigenvalue weighted by Crippen LogP contribution is 2.13. The molecule has 1 heterocycles. The van der Waals surface area contributed by atoms with Gasteiger partial charge in [0, 0.05) is 43.0 Å². The van der Waals surface area contributed by atoms with Gasteiger partial charge in [0.15, 0.2) is 5.16 Å². The Bertz CT molecular complexity index is 792. The van der Waals surface area contributed by atoms with E-state index in [4.69, 9.17) is 0 Å². The van der Waals surface area contributed by atoms with Gasteiger partial charge in [0.25, 0.3) is 5.56 Å². The molecule has 1 amide bonds. The van der Waals surface area contributed by atoms with Crippen LogP contribution in [-0.2, 0) is 11.2 Å². The maximum atomic E-state index is 12.1. The summed E-state index contributed by atoms with van der Waals surface area (Å²) >= 11 is 1.40. The molecule has 0 aliphatic heterocycles. The fourth-order valence-corrected chi connectivity index (χ4v) is 3.33. The molecule has 0 bridgehead atoms. The van der Waals surface area contributed by atoms with Crippen molar-refractivity contribution in [3.05, 3.63) is 51.9 Å². The molecule has 0 atom stereocenters. The summed E-state index contributed by atoms with van der Waals surface area (Å²) < 4.78 is 0. The number of aryl methyl sites for hydroxylation is 1. The number of nitrogens with zero attached hydrogens (tertiary/aromatic N) is 2. The van der Waals surface area contributed by atoms with E-state index in [0.29, 0.717) is 35.8 Å². The number of nitrogens with one attached hydrogen (secondary N) is 2. The van der Waals surface area contributed by atoms with Gasteiger partial charge in [-0.2, -0.15) is 0 Å². The summed E-state index contributed by atoms with van der Waals surface area (Å²) in [5, 5.41) is 3.54. The van der Waals surface area contributed by atoms with Gasteiger partial charge < -0.3 is 15.2 Å². The molecular weight excluding hydrogens is 360 g/mol. The second kappa shape index (κ2) is 10.8. The van der Waals surface area contributed by atoms with Crippen LogP contribution in [-0.4, -0.2) is 41.8 Å². The Morgan fingerprint density at radius 2 is 2.04 bits per heavy atom. The van der Waals surface area contributed by atoms with Crippen molar-refractivity contribution < 1.29 is 4.79 Å². The minimum atomic E-state index is -0.152. The van der Waals surface area contributed by atoms with Gasteiger partial charge in [-0.1, -0.05) is 30.0 Å². The van der Waals surface area contributed by atoms with Gasteiger partial charge in [-0.3, -0.25) is 9.59 Å². The van der Waals surface area contributed by atoms with Crippen molar-refractivity contribution in [2.24, 2.45) is 0 Å². The van der Waals surface area contributed by atoms with Crippen LogP contribution in [0.25, 0.3) is 0 Å². The molecule has 2 aromatic rings. The van der Waals surface area contributed by atoms with Crippen LogP contribution in [0.5, 0.6) is 0 Å². The van der Waals surface area contributed by atoms with Crippen molar-refractivity contribution in [2.75, 3.05) is 30.8 Å². The molecule has 6 nitrogen and oxygen atoms in total. The number of H-pyrrole nitrogens is 1. The van der Waals surface area contributed by atoms with E-state index < -0.39 is 0 Å². The maximum absolute atomic E-state index is 12.1. The van der Waals surface area contributed by atoms with Crippen LogP contribution in [0.15, 0.2) is 40.3 Å². The van der Waals surface area contributed by atoms with Gasteiger partial charge in [-0.25, -0.2) is 4.98 Å². The highest BCUT2D eigenvalue weighted by molar-refractivity contribution is 7.98. The summed E-state index contributed by atoms with van der Waals surface area (Å²) in [4.78, 5) is 33.5. The second-order valence-corrected chi connectivity index (χ2v) is 7.05. The first-order valence-electron chi connectivity index (χ1n) is 9.25. The number of benzene rings is 1. The monoisotopic (exact) mass is 388 g/mol. The number of thioether (sulfide) groups is 1. The fourth-order valence-electron chi connectivity index (χ4n) is 2.91. The lowest BCUT2D eigenvalue weighted by atomic mass is 10.1. The third kappa shape index (κ3) is 6.43. The Balaban J connectivity index is 1.75. The maximum Gasteiger partial charge on any atom is 0.254 e. The van der Waals surface area contributed by atoms with Crippen molar-refractivity contribution in [1.82, 2.24) is 15.3 Å². The van der Waals surface area contributed by atoms with E-state index in [1.807, 2.05) is 31.4 Å². The van der Waals surface area contributed by atoms with Crippen LogP contribution >= 0.6 is 11.8 Å². The Hall–Kier alpha value is -2.28. The van der Waals surface area contributed by atoms with Gasteiger partial charge in [0.2, 0.25) is 5.91 Å². The number of hydrogen-bond acceptors (Lipinski definition) is 5. The van der Waals surface area contributed by atoms with Gasteiger partial charge in [0.1, 0.15) is 0 Å². The van der Waals surface area contributed by atoms with E-state index in [1.54, 1.807) is 0 Å². The van der Waals surface area contributed by atoms with Crippen molar-refractivity contribution >= 4 is 23.4 Å². The first-order chi connectivity index (χ1) is 13.0. The molecule has 1 aromatic heterocycles. The Morgan fingerprint density at radius 3 is 2.67 bits per heavy atom. The molecule has 0 spiro atoms. The summed E-state index contributed by atoms with van der Waals surface area (Å²) in [5.41, 5.74) is 2.32. The molecule has 27 heavy (non-hydrogen) atoms. The van der Waals surface area contributed by atoms with Crippen LogP contribution in [0.3, 0.4) is 0 Å². The van der Waals surface area contributed by atoms with E-state index in [0.717, 1.165) is 19.5 Å². The summed E-state index contributed by atoms with van der Waals surface area (Å²) in [6, 6.07) is 10.3. The molecule has 0 saturated carbocycles. The minimum absolute atomic E-state index is 0.0366. The predicted molar refractivity (Wildman–Crippen MR) is 112 cm³/mol. The zero-order valence-corrected chi connectivity index (χ0v) is 17.1. The number of carbonyl (C=O) groups excluding carboxylic acids is 1. The van der Waals surface area contributed by atoms with Gasteiger partial charge in [-0.05, 0) is 45.1 Å². The number of amides is 1. The average molecular weight is 389 g/mol. The fraction of sp³-hybridized carbons (Fsp3) is 0.450. The normalized spacial score (nSPS) is 10.6. The summed E-state index contributed by atoms with van der Waals surface area (Å²) in [6.45, 7) is 6.38. The van der Waals surface area contributed by atoms with Crippen LogP contribution < -0.4 is 15.8 Å². The smallest absolute Gasteiger partial charge is 0.254 e. The van der Waals surface area contributed by atoms with Crippen LogP contribution in [0.2, 0.25) is 0 Å². The zero-order chi connectivity index (χ0) is 19.6. The van der Waals surface area contributed by atoms with Crippen molar-refractivity contribution in [3.63, 3.8) is 0 Å². The van der Waals surface area contributed by atoms with E-state index in [1.165, 1.54) is 17.4 Å². The summed E-state index contributed by atoms with van der Waals surface area (Å²) in [5.74, 6) is -0.0366. The molecule has 7 heteroatoms. The van der Waals surface area contributed by atoms with Crippen molar-refractivity contribution in [3.8, 4) is 0 Å². The SMILES string of the molecule is CCN(CCCNC(=O)CCc1c(C)nc(SC)[nH]c1=O)c1ccccc1. The standard InChI is InChI=1S/C20H28N4O2S/c1-4-24(16-9-6-5-7-10-16)14-8-13-21-18(25)12-11-17-15(2)22-20(27-3)23-19(17)26/h5-7,9-10H,4,8,11-14H2,1-3H3,(H,21,25)(H,22,23,26). The lowest BCUT2D eigenvalue weighted by molar-refractivity contribution is -0.121. The number of rotatable bonds is 10. The van der Waals surface area contributed by atoms with Crippen molar-refractivity contribution in [1.29, 1.82) is 0 Å². The van der Waals surface area contributed by atoms with E-state index in [2.05, 4.69) is 39.2 Å². The lowest BCUT2D eigenvalue weighted by Gasteiger charge is -2.23. The van der Waals surface area contributed by atoms with E-state index in [9.17, 15) is 9.59 Å². The summed E-state index contributed by atoms with van der Waals surface area (Å²) in [7, 11) is 0. The van der Waals surface area contributed by atoms with E-state index >= 15 is 0 Å². The molecule has 0 fully saturated rings. The highest BCUT2D eigenvalue weighted by atomic mass is 32.2. The largest absolute Gasteiger partial charge is 0.372 e. The molecular formula is C20H28N4O2S. The van der Waals surface area contributed by atoms with Gasteiger partial charge >= 0.3 is 0 Å². The molecule has 0 aliphatic rings. The zero-order valence-electron chi connectivity index (χ0n) is 16.2. The third-order valence-corrected chi connectivity index (χ3v) is 5.01. The van der Waals surface area contributed by atoms with E-state index in [-0.39, 0.29) is 11.5 Å². The molecule has 0 aliphatic carbocycles. The highest BCUT2D eigenvalue weighted by Gasteiger charge is 2.10. The number of carbonyl (C=O) groups is 1. The number of aromatic nitrogens is 2. The predicted octanol–water partition coefficient (Wildman–Crippen LogP) is 2.77. The lowest BCUT2D eigenvalue weighted by Crippen LogP contribution is -2.30. The average Bonchev–Trinajstić information content (AvgIpc) is 2.67. The molecule has 2 rings (SSSR count). The molecule has 0 saturated heterocycles. The topological polar surface area (TPSA) is 78.1 Å². The Labute approximate surface area is 164 Å². The van der Waals surface area contributed by atoms with Crippen LogP contribution in [0.1, 0.15) is 31.0 Å². The minimum Gasteiger partial charge on any atom is -0.372 e. The van der Waals surface area contributed by atoms with Gasteiger partial charge in [0.05, 0.1) is 0 Å². The van der Waals surface area contributed by atoms with Crippen LogP contribution in [0.4, 0.5) is 5.69 Å². The Kier molecular flexibility index (Phi) is 8.39. The molecule has 1 aromatic carbocycles. The number of anilines is 1. The first-order valence-corrected chi connectivity index (χ1v) is 10.5. The van der Waals surface area contributed by atoms with Crippen LogP contribution in [0, 0.1) is 6.92 Å². The quantitative estimate of drug-likeness (QED) is 0.372. The number of para-hydroxylation sites is 1. The first kappa shape index (κ1) is 21.0. The molecule has 2 N–H and O–H groups in total. The second-order valence-electron chi connectivity index (χ2n) is 6.26. The summed E-state index contributed by atoms with van der Waals surface area (Å²) in [6.07, 6.45) is 3.43. The number of aromatic amines is 1. The number of hydrogen-bond donors (Lipinski definition) is 2. The molecule has 0 unspecified atom stereocenters.